The van der Waals surface area contributed by atoms with Crippen LogP contribution < -0.4 is 0 Å². The van der Waals surface area contributed by atoms with Crippen LogP contribution in [0.2, 0.25) is 0 Å². The number of hydrogen-bond acceptors (Lipinski definition) is 2. The van der Waals surface area contributed by atoms with E-state index >= 15 is 0 Å². The smallest absolute Gasteiger partial charge is 0.123 e. The minimum absolute atomic E-state index is 0.281. The van der Waals surface area contributed by atoms with Gasteiger partial charge in [-0.1, -0.05) is 26.0 Å². The summed E-state index contributed by atoms with van der Waals surface area (Å²) in [4.78, 5) is 2.41. The molecule has 0 amide bonds. The molecule has 0 aliphatic carbocycles. The molecule has 106 valence electrons. The molecule has 1 aromatic carbocycles. The fraction of sp³-hybridized carbons (Fsp3) is 0.625. The van der Waals surface area contributed by atoms with Crippen LogP contribution in [0.5, 0.6) is 0 Å². The fourth-order valence-electron chi connectivity index (χ4n) is 2.74. The summed E-state index contributed by atoms with van der Waals surface area (Å²) < 4.78 is 13.1. The Labute approximate surface area is 115 Å². The summed E-state index contributed by atoms with van der Waals surface area (Å²) in [5.41, 5.74) is 0.679. The summed E-state index contributed by atoms with van der Waals surface area (Å²) in [5.74, 6) is 1.24. The molecule has 3 unspecified atom stereocenters. The van der Waals surface area contributed by atoms with Crippen LogP contribution in [-0.4, -0.2) is 29.6 Å². The van der Waals surface area contributed by atoms with E-state index < -0.39 is 6.10 Å². The van der Waals surface area contributed by atoms with E-state index in [-0.39, 0.29) is 5.82 Å². The first-order valence-electron chi connectivity index (χ1n) is 7.22. The molecule has 0 bridgehead atoms. The van der Waals surface area contributed by atoms with Crippen LogP contribution in [0, 0.1) is 17.7 Å². The number of rotatable bonds is 4. The van der Waals surface area contributed by atoms with Crippen molar-refractivity contribution in [1.82, 2.24) is 4.90 Å². The highest BCUT2D eigenvalue weighted by Gasteiger charge is 2.22. The molecule has 19 heavy (non-hydrogen) atoms. The second-order valence-corrected chi connectivity index (χ2v) is 5.90. The van der Waals surface area contributed by atoms with Gasteiger partial charge in [0.15, 0.2) is 0 Å². The maximum absolute atomic E-state index is 13.1. The Kier molecular flexibility index (Phi) is 4.94. The van der Waals surface area contributed by atoms with E-state index in [2.05, 4.69) is 18.7 Å². The highest BCUT2D eigenvalue weighted by Crippen LogP contribution is 2.24. The highest BCUT2D eigenvalue weighted by atomic mass is 19.1. The summed E-state index contributed by atoms with van der Waals surface area (Å²) in [6, 6.07) is 6.27. The van der Waals surface area contributed by atoms with E-state index in [1.165, 1.54) is 18.6 Å². The van der Waals surface area contributed by atoms with Crippen molar-refractivity contribution < 1.29 is 9.50 Å². The molecule has 1 N–H and O–H groups in total. The van der Waals surface area contributed by atoms with Gasteiger partial charge in [0.05, 0.1) is 6.10 Å². The number of nitrogens with zero attached hydrogens (tertiary/aromatic N) is 1. The summed E-state index contributed by atoms with van der Waals surface area (Å²) in [6.07, 6.45) is 1.34. The molecule has 1 fully saturated rings. The minimum atomic E-state index is -0.564. The first kappa shape index (κ1) is 14.5. The second kappa shape index (κ2) is 6.49. The molecule has 0 aromatic heterocycles. The lowest BCUT2D eigenvalue weighted by atomic mass is 9.88. The van der Waals surface area contributed by atoms with Gasteiger partial charge in [-0.05, 0) is 48.9 Å². The van der Waals surface area contributed by atoms with Gasteiger partial charge in [-0.15, -0.1) is 0 Å². The SMILES string of the molecule is CC1CCN(CCC(O)c2cccc(F)c2)CC1C. The maximum atomic E-state index is 13.1. The molecule has 1 heterocycles. The number of piperidine rings is 1. The quantitative estimate of drug-likeness (QED) is 0.903. The molecule has 3 heteroatoms. The van der Waals surface area contributed by atoms with Gasteiger partial charge in [-0.25, -0.2) is 4.39 Å². The largest absolute Gasteiger partial charge is 0.388 e. The molecule has 1 saturated heterocycles. The van der Waals surface area contributed by atoms with Crippen molar-refractivity contribution >= 4 is 0 Å². The van der Waals surface area contributed by atoms with Crippen LogP contribution in [0.15, 0.2) is 24.3 Å². The van der Waals surface area contributed by atoms with Crippen molar-refractivity contribution in [3.05, 3.63) is 35.6 Å². The summed E-state index contributed by atoms with van der Waals surface area (Å²) >= 11 is 0. The molecular weight excluding hydrogens is 241 g/mol. The van der Waals surface area contributed by atoms with Crippen molar-refractivity contribution in [1.29, 1.82) is 0 Å². The Morgan fingerprint density at radius 1 is 1.37 bits per heavy atom. The lowest BCUT2D eigenvalue weighted by Gasteiger charge is -2.35. The second-order valence-electron chi connectivity index (χ2n) is 5.90. The van der Waals surface area contributed by atoms with Gasteiger partial charge in [0, 0.05) is 13.1 Å². The Bertz CT molecular complexity index is 409. The molecule has 0 saturated carbocycles. The molecule has 0 radical (unpaired) electrons. The van der Waals surface area contributed by atoms with Gasteiger partial charge in [0.1, 0.15) is 5.82 Å². The average molecular weight is 265 g/mol. The Morgan fingerprint density at radius 2 is 2.16 bits per heavy atom. The van der Waals surface area contributed by atoms with Crippen molar-refractivity contribution in [3.63, 3.8) is 0 Å². The van der Waals surface area contributed by atoms with Crippen LogP contribution in [-0.2, 0) is 0 Å². The number of halogens is 1. The minimum Gasteiger partial charge on any atom is -0.388 e. The summed E-state index contributed by atoms with van der Waals surface area (Å²) in [6.45, 7) is 7.70. The van der Waals surface area contributed by atoms with E-state index in [1.807, 2.05) is 0 Å². The van der Waals surface area contributed by atoms with Gasteiger partial charge in [-0.3, -0.25) is 0 Å². The van der Waals surface area contributed by atoms with Gasteiger partial charge >= 0.3 is 0 Å². The predicted octanol–water partition coefficient (Wildman–Crippen LogP) is 3.23. The zero-order chi connectivity index (χ0) is 13.8. The Hall–Kier alpha value is -0.930. The van der Waals surface area contributed by atoms with Crippen LogP contribution >= 0.6 is 0 Å². The standard InChI is InChI=1S/C16H24FNO/c1-12-6-8-18(11-13(12)2)9-7-16(19)14-4-3-5-15(17)10-14/h3-5,10,12-13,16,19H,6-9,11H2,1-2H3. The molecule has 2 rings (SSSR count). The third-order valence-electron chi connectivity index (χ3n) is 4.37. The zero-order valence-electron chi connectivity index (χ0n) is 11.8. The lowest BCUT2D eigenvalue weighted by Crippen LogP contribution is -2.39. The van der Waals surface area contributed by atoms with Crippen molar-refractivity contribution in [2.24, 2.45) is 11.8 Å². The van der Waals surface area contributed by atoms with Gasteiger partial charge in [0.2, 0.25) is 0 Å². The third kappa shape index (κ3) is 4.02. The van der Waals surface area contributed by atoms with E-state index in [9.17, 15) is 9.50 Å². The molecule has 3 atom stereocenters. The van der Waals surface area contributed by atoms with Crippen molar-refractivity contribution in [2.75, 3.05) is 19.6 Å². The van der Waals surface area contributed by atoms with Gasteiger partial charge in [-0.2, -0.15) is 0 Å². The van der Waals surface area contributed by atoms with E-state index in [4.69, 9.17) is 0 Å². The molecule has 1 aliphatic heterocycles. The topological polar surface area (TPSA) is 23.5 Å². The monoisotopic (exact) mass is 265 g/mol. The lowest BCUT2D eigenvalue weighted by molar-refractivity contribution is 0.103. The molecule has 2 nitrogen and oxygen atoms in total. The van der Waals surface area contributed by atoms with Gasteiger partial charge < -0.3 is 10.0 Å². The number of benzene rings is 1. The van der Waals surface area contributed by atoms with E-state index in [0.717, 1.165) is 31.5 Å². The van der Waals surface area contributed by atoms with Crippen LogP contribution in [0.4, 0.5) is 4.39 Å². The average Bonchev–Trinajstić information content (AvgIpc) is 2.40. The fourth-order valence-corrected chi connectivity index (χ4v) is 2.74. The van der Waals surface area contributed by atoms with E-state index in [1.54, 1.807) is 12.1 Å². The molecule has 0 spiro atoms. The van der Waals surface area contributed by atoms with Crippen molar-refractivity contribution in [3.8, 4) is 0 Å². The first-order chi connectivity index (χ1) is 9.06. The van der Waals surface area contributed by atoms with Crippen LogP contribution in [0.1, 0.15) is 38.4 Å². The Balaban J connectivity index is 1.82. The molecular formula is C16H24FNO. The van der Waals surface area contributed by atoms with E-state index in [0.29, 0.717) is 12.0 Å². The maximum Gasteiger partial charge on any atom is 0.123 e. The number of hydrogen-bond donors (Lipinski definition) is 1. The predicted molar refractivity (Wildman–Crippen MR) is 75.4 cm³/mol. The number of likely N-dealkylation sites (tertiary alicyclic amines) is 1. The molecule has 1 aliphatic rings. The zero-order valence-corrected chi connectivity index (χ0v) is 11.8. The normalized spacial score (nSPS) is 26.3. The summed E-state index contributed by atoms with van der Waals surface area (Å²) in [5, 5.41) is 10.1. The summed E-state index contributed by atoms with van der Waals surface area (Å²) in [7, 11) is 0. The van der Waals surface area contributed by atoms with Crippen molar-refractivity contribution in [2.45, 2.75) is 32.8 Å². The Morgan fingerprint density at radius 3 is 2.84 bits per heavy atom. The number of aliphatic hydroxyl groups is 1. The molecule has 1 aromatic rings. The number of aliphatic hydroxyl groups excluding tert-OH is 1. The van der Waals surface area contributed by atoms with Crippen LogP contribution in [0.3, 0.4) is 0 Å². The van der Waals surface area contributed by atoms with Gasteiger partial charge in [0.25, 0.3) is 0 Å². The van der Waals surface area contributed by atoms with Crippen LogP contribution in [0.25, 0.3) is 0 Å². The third-order valence-corrected chi connectivity index (χ3v) is 4.37. The first-order valence-corrected chi connectivity index (χ1v) is 7.22. The highest BCUT2D eigenvalue weighted by molar-refractivity contribution is 5.18.